The van der Waals surface area contributed by atoms with E-state index in [1.165, 1.54) is 0 Å². The third-order valence-electron chi connectivity index (χ3n) is 3.58. The predicted molar refractivity (Wildman–Crippen MR) is 108 cm³/mol. The molecule has 0 saturated carbocycles. The fourth-order valence-corrected chi connectivity index (χ4v) is 3.25. The molecule has 0 saturated heterocycles. The quantitative estimate of drug-likeness (QED) is 0.635. The number of ether oxygens (including phenoxy) is 1. The first-order valence-electron chi connectivity index (χ1n) is 7.94. The van der Waals surface area contributed by atoms with Gasteiger partial charge in [-0.2, -0.15) is 0 Å². The van der Waals surface area contributed by atoms with Crippen molar-refractivity contribution in [2.45, 2.75) is 26.2 Å². The van der Waals surface area contributed by atoms with Crippen molar-refractivity contribution in [3.63, 3.8) is 0 Å². The zero-order valence-corrected chi connectivity index (χ0v) is 17.9. The lowest BCUT2D eigenvalue weighted by Crippen LogP contribution is -2.43. The van der Waals surface area contributed by atoms with Gasteiger partial charge in [0.15, 0.2) is 6.61 Å². The molecule has 5 nitrogen and oxygen atoms in total. The Hall–Kier alpha value is -1.86. The molecular weight excluding hydrogens is 464 g/mol. The lowest BCUT2D eigenvalue weighted by molar-refractivity contribution is -0.123. The topological polar surface area (TPSA) is 67.4 Å². The summed E-state index contributed by atoms with van der Waals surface area (Å²) in [6.07, 6.45) is 0. The minimum absolute atomic E-state index is 0.0157. The van der Waals surface area contributed by atoms with E-state index in [4.69, 9.17) is 4.74 Å². The molecule has 0 aliphatic heterocycles. The summed E-state index contributed by atoms with van der Waals surface area (Å²) in [4.78, 5) is 23.9. The molecule has 0 bridgehead atoms. The van der Waals surface area contributed by atoms with Crippen molar-refractivity contribution >= 4 is 43.7 Å². The van der Waals surface area contributed by atoms with Gasteiger partial charge in [-0.15, -0.1) is 0 Å². The molecule has 26 heavy (non-hydrogen) atoms. The van der Waals surface area contributed by atoms with E-state index in [0.717, 1.165) is 14.5 Å². The van der Waals surface area contributed by atoms with Crippen LogP contribution < -0.4 is 15.6 Å². The maximum absolute atomic E-state index is 12.1. The molecule has 0 spiro atoms. The Morgan fingerprint density at radius 3 is 2.23 bits per heavy atom. The number of hydrogen-bond acceptors (Lipinski definition) is 3. The molecule has 0 aliphatic rings. The first-order valence-corrected chi connectivity index (χ1v) is 9.53. The second-order valence-electron chi connectivity index (χ2n) is 6.69. The standard InChI is InChI=1S/C19H20Br2N2O3/c1-19(2,3)13-6-4-12(5-7-13)18(25)23-22-17(24)11-26-16-9-8-14(20)10-15(16)21/h4-10H,11H2,1-3H3,(H,22,24)(H,23,25). The highest BCUT2D eigenvalue weighted by atomic mass is 79.9. The number of halogens is 2. The molecule has 2 rings (SSSR count). The minimum Gasteiger partial charge on any atom is -0.483 e. The Bertz CT molecular complexity index is 799. The summed E-state index contributed by atoms with van der Waals surface area (Å²) in [6, 6.07) is 12.6. The summed E-state index contributed by atoms with van der Waals surface area (Å²) in [5.41, 5.74) is 6.33. The molecule has 7 heteroatoms. The summed E-state index contributed by atoms with van der Waals surface area (Å²) in [5.74, 6) is -0.310. The summed E-state index contributed by atoms with van der Waals surface area (Å²) < 4.78 is 7.03. The highest BCUT2D eigenvalue weighted by molar-refractivity contribution is 9.11. The van der Waals surface area contributed by atoms with Crippen molar-refractivity contribution in [3.8, 4) is 5.75 Å². The summed E-state index contributed by atoms with van der Waals surface area (Å²) >= 11 is 6.70. The Labute approximate surface area is 169 Å². The molecule has 2 N–H and O–H groups in total. The third-order valence-corrected chi connectivity index (χ3v) is 4.69. The van der Waals surface area contributed by atoms with Gasteiger partial charge < -0.3 is 4.74 Å². The van der Waals surface area contributed by atoms with E-state index in [-0.39, 0.29) is 17.9 Å². The molecule has 0 unspecified atom stereocenters. The van der Waals surface area contributed by atoms with Gasteiger partial charge in [-0.1, -0.05) is 48.8 Å². The molecule has 2 aromatic carbocycles. The van der Waals surface area contributed by atoms with E-state index in [2.05, 4.69) is 63.5 Å². The lowest BCUT2D eigenvalue weighted by atomic mass is 9.87. The number of benzene rings is 2. The van der Waals surface area contributed by atoms with E-state index in [0.29, 0.717) is 11.3 Å². The van der Waals surface area contributed by atoms with Crippen molar-refractivity contribution in [1.82, 2.24) is 10.9 Å². The monoisotopic (exact) mass is 482 g/mol. The summed E-state index contributed by atoms with van der Waals surface area (Å²) in [7, 11) is 0. The van der Waals surface area contributed by atoms with E-state index in [1.807, 2.05) is 18.2 Å². The number of nitrogens with one attached hydrogen (secondary N) is 2. The van der Waals surface area contributed by atoms with Gasteiger partial charge in [0, 0.05) is 10.0 Å². The van der Waals surface area contributed by atoms with Gasteiger partial charge in [-0.3, -0.25) is 20.4 Å². The fraction of sp³-hybridized carbons (Fsp3) is 0.263. The molecule has 0 heterocycles. The molecule has 0 radical (unpaired) electrons. The molecule has 0 atom stereocenters. The fourth-order valence-electron chi connectivity index (χ4n) is 2.09. The van der Waals surface area contributed by atoms with Crippen LogP contribution in [0.2, 0.25) is 0 Å². The highest BCUT2D eigenvalue weighted by Gasteiger charge is 2.14. The number of hydrazine groups is 1. The number of carbonyl (C=O) groups is 2. The molecule has 0 fully saturated rings. The van der Waals surface area contributed by atoms with E-state index >= 15 is 0 Å². The Kier molecular flexibility index (Phi) is 6.83. The zero-order chi connectivity index (χ0) is 19.3. The van der Waals surface area contributed by atoms with Crippen LogP contribution in [0.15, 0.2) is 51.4 Å². The van der Waals surface area contributed by atoms with Crippen LogP contribution in [-0.2, 0) is 10.2 Å². The maximum Gasteiger partial charge on any atom is 0.276 e. The molecule has 0 aliphatic carbocycles. The number of rotatable bonds is 4. The van der Waals surface area contributed by atoms with Gasteiger partial charge in [-0.05, 0) is 57.2 Å². The van der Waals surface area contributed by atoms with Crippen LogP contribution in [0.1, 0.15) is 36.7 Å². The molecule has 0 aromatic heterocycles. The van der Waals surface area contributed by atoms with E-state index in [1.54, 1.807) is 24.3 Å². The van der Waals surface area contributed by atoms with Crippen LogP contribution in [0.4, 0.5) is 0 Å². The van der Waals surface area contributed by atoms with Crippen molar-refractivity contribution in [3.05, 3.63) is 62.5 Å². The van der Waals surface area contributed by atoms with Crippen LogP contribution in [0.25, 0.3) is 0 Å². The Morgan fingerprint density at radius 1 is 1.00 bits per heavy atom. The number of hydrogen-bond donors (Lipinski definition) is 2. The molecule has 2 aromatic rings. The largest absolute Gasteiger partial charge is 0.483 e. The normalized spacial score (nSPS) is 11.0. The first-order chi connectivity index (χ1) is 12.2. The number of amides is 2. The maximum atomic E-state index is 12.1. The van der Waals surface area contributed by atoms with E-state index in [9.17, 15) is 9.59 Å². The second-order valence-corrected chi connectivity index (χ2v) is 8.46. The summed E-state index contributed by atoms with van der Waals surface area (Å²) in [6.45, 7) is 6.09. The van der Waals surface area contributed by atoms with Crippen LogP contribution >= 0.6 is 31.9 Å². The number of carbonyl (C=O) groups excluding carboxylic acids is 2. The van der Waals surface area contributed by atoms with Gasteiger partial charge in [0.2, 0.25) is 0 Å². The SMILES string of the molecule is CC(C)(C)c1ccc(C(=O)NNC(=O)COc2ccc(Br)cc2Br)cc1. The Balaban J connectivity index is 1.84. The van der Waals surface area contributed by atoms with Gasteiger partial charge in [0.1, 0.15) is 5.75 Å². The van der Waals surface area contributed by atoms with Gasteiger partial charge in [0.05, 0.1) is 4.47 Å². The average Bonchev–Trinajstić information content (AvgIpc) is 2.58. The van der Waals surface area contributed by atoms with Crippen molar-refractivity contribution in [1.29, 1.82) is 0 Å². The second kappa shape index (κ2) is 8.68. The zero-order valence-electron chi connectivity index (χ0n) is 14.7. The first kappa shape index (κ1) is 20.5. The van der Waals surface area contributed by atoms with Gasteiger partial charge in [-0.25, -0.2) is 0 Å². The van der Waals surface area contributed by atoms with Gasteiger partial charge >= 0.3 is 0 Å². The van der Waals surface area contributed by atoms with Crippen LogP contribution in [0.5, 0.6) is 5.75 Å². The van der Waals surface area contributed by atoms with Crippen LogP contribution in [0.3, 0.4) is 0 Å². The highest BCUT2D eigenvalue weighted by Crippen LogP contribution is 2.28. The van der Waals surface area contributed by atoms with Crippen molar-refractivity contribution in [2.75, 3.05) is 6.61 Å². The predicted octanol–water partition coefficient (Wildman–Crippen LogP) is 4.35. The Morgan fingerprint density at radius 2 is 1.65 bits per heavy atom. The molecular formula is C19H20Br2N2O3. The molecule has 2 amide bonds. The van der Waals surface area contributed by atoms with Crippen molar-refractivity contribution in [2.24, 2.45) is 0 Å². The lowest BCUT2D eigenvalue weighted by Gasteiger charge is -2.19. The molecule has 138 valence electrons. The smallest absolute Gasteiger partial charge is 0.276 e. The van der Waals surface area contributed by atoms with Crippen LogP contribution in [-0.4, -0.2) is 18.4 Å². The van der Waals surface area contributed by atoms with Crippen molar-refractivity contribution < 1.29 is 14.3 Å². The van der Waals surface area contributed by atoms with Crippen LogP contribution in [0, 0.1) is 0 Å². The minimum atomic E-state index is -0.459. The van der Waals surface area contributed by atoms with Gasteiger partial charge in [0.25, 0.3) is 11.8 Å². The third kappa shape index (κ3) is 5.85. The average molecular weight is 484 g/mol. The summed E-state index contributed by atoms with van der Waals surface area (Å²) in [5, 5.41) is 0. The van der Waals surface area contributed by atoms with E-state index < -0.39 is 5.91 Å².